The summed E-state index contributed by atoms with van der Waals surface area (Å²) in [5.41, 5.74) is 1.14. The molecule has 0 saturated carbocycles. The third-order valence-electron chi connectivity index (χ3n) is 2.58. The summed E-state index contributed by atoms with van der Waals surface area (Å²) < 4.78 is 3.04. The van der Waals surface area contributed by atoms with Crippen LogP contribution in [-0.4, -0.2) is 35.1 Å². The fourth-order valence-electron chi connectivity index (χ4n) is 2.05. The Labute approximate surface area is 103 Å². The minimum absolute atomic E-state index is 0.465. The van der Waals surface area contributed by atoms with Crippen LogP contribution in [-0.2, 0) is 0 Å². The lowest BCUT2D eigenvalue weighted by atomic mass is 10.0. The van der Waals surface area contributed by atoms with Crippen LogP contribution < -0.4 is 0 Å². The molecule has 1 atom stereocenters. The van der Waals surface area contributed by atoms with Crippen molar-refractivity contribution in [1.82, 2.24) is 14.5 Å². The number of nitrogens with one attached hydrogen (secondary N) is 1. The summed E-state index contributed by atoms with van der Waals surface area (Å²) in [6, 6.07) is 0.465. The van der Waals surface area contributed by atoms with Crippen LogP contribution in [0.3, 0.4) is 0 Å². The molecule has 3 nitrogen and oxygen atoms in total. The highest BCUT2D eigenvalue weighted by Crippen LogP contribution is 2.19. The van der Waals surface area contributed by atoms with Gasteiger partial charge in [0.2, 0.25) is 0 Å². The number of hydrogen-bond acceptors (Lipinski definition) is 2. The first-order valence-corrected chi connectivity index (χ1v) is 6.23. The molecule has 1 rings (SSSR count). The lowest BCUT2D eigenvalue weighted by Gasteiger charge is -2.24. The average Bonchev–Trinajstić information content (AvgIpc) is 2.42. The molecule has 1 aromatic rings. The van der Waals surface area contributed by atoms with Gasteiger partial charge in [-0.15, -0.1) is 0 Å². The van der Waals surface area contributed by atoms with Gasteiger partial charge in [-0.25, -0.2) is 0 Å². The van der Waals surface area contributed by atoms with Gasteiger partial charge >= 0.3 is 0 Å². The second-order valence-corrected chi connectivity index (χ2v) is 5.58. The van der Waals surface area contributed by atoms with E-state index >= 15 is 0 Å². The second kappa shape index (κ2) is 5.64. The Morgan fingerprint density at radius 3 is 2.44 bits per heavy atom. The summed E-state index contributed by atoms with van der Waals surface area (Å²) in [5.74, 6) is 0.682. The molecule has 92 valence electrons. The van der Waals surface area contributed by atoms with Crippen LogP contribution in [0.4, 0.5) is 0 Å². The van der Waals surface area contributed by atoms with E-state index in [4.69, 9.17) is 12.2 Å². The number of rotatable bonds is 5. The van der Waals surface area contributed by atoms with E-state index in [-0.39, 0.29) is 0 Å². The monoisotopic (exact) mass is 241 g/mol. The molecule has 0 fully saturated rings. The molecule has 0 radical (unpaired) electrons. The number of aromatic nitrogens is 2. The minimum Gasteiger partial charge on any atom is -0.335 e. The largest absolute Gasteiger partial charge is 0.335 e. The van der Waals surface area contributed by atoms with Gasteiger partial charge in [-0.05, 0) is 45.6 Å². The Hall–Kier alpha value is -0.610. The van der Waals surface area contributed by atoms with Crippen LogP contribution in [0.25, 0.3) is 0 Å². The van der Waals surface area contributed by atoms with Crippen LogP contribution in [0.1, 0.15) is 32.0 Å². The van der Waals surface area contributed by atoms with Crippen molar-refractivity contribution in [1.29, 1.82) is 0 Å². The zero-order chi connectivity index (χ0) is 12.3. The summed E-state index contributed by atoms with van der Waals surface area (Å²) in [7, 11) is 4.22. The average molecular weight is 241 g/mol. The Balaban J connectivity index is 2.91. The summed E-state index contributed by atoms with van der Waals surface area (Å²) >= 11 is 5.34. The Bertz CT molecular complexity index is 366. The maximum Gasteiger partial charge on any atom is 0.177 e. The van der Waals surface area contributed by atoms with Crippen molar-refractivity contribution in [3.8, 4) is 0 Å². The first kappa shape index (κ1) is 13.5. The first-order valence-electron chi connectivity index (χ1n) is 5.82. The third kappa shape index (κ3) is 3.76. The molecule has 1 heterocycles. The molecule has 1 N–H and O–H groups in total. The van der Waals surface area contributed by atoms with E-state index in [2.05, 4.69) is 48.6 Å². The zero-order valence-corrected chi connectivity index (χ0v) is 11.8. The van der Waals surface area contributed by atoms with Gasteiger partial charge in [0.15, 0.2) is 4.77 Å². The van der Waals surface area contributed by atoms with Gasteiger partial charge in [-0.3, -0.25) is 0 Å². The molecule has 0 saturated heterocycles. The summed E-state index contributed by atoms with van der Waals surface area (Å²) in [6.07, 6.45) is 3.28. The molecule has 0 aliphatic rings. The number of aromatic amines is 1. The van der Waals surface area contributed by atoms with Crippen molar-refractivity contribution in [3.63, 3.8) is 0 Å². The van der Waals surface area contributed by atoms with Crippen molar-refractivity contribution >= 4 is 12.2 Å². The van der Waals surface area contributed by atoms with Crippen molar-refractivity contribution < 1.29 is 0 Å². The highest BCUT2D eigenvalue weighted by Gasteiger charge is 2.15. The number of aryl methyl sites for hydroxylation is 1. The summed E-state index contributed by atoms with van der Waals surface area (Å²) in [6.45, 7) is 7.59. The van der Waals surface area contributed by atoms with E-state index in [0.29, 0.717) is 12.0 Å². The van der Waals surface area contributed by atoms with Gasteiger partial charge in [-0.1, -0.05) is 13.8 Å². The van der Waals surface area contributed by atoms with Crippen molar-refractivity contribution in [3.05, 3.63) is 16.7 Å². The van der Waals surface area contributed by atoms with E-state index < -0.39 is 0 Å². The molecule has 1 unspecified atom stereocenters. The quantitative estimate of drug-likeness (QED) is 0.801. The Morgan fingerprint density at radius 2 is 2.06 bits per heavy atom. The molecular formula is C12H23N3S. The van der Waals surface area contributed by atoms with Gasteiger partial charge < -0.3 is 14.5 Å². The highest BCUT2D eigenvalue weighted by atomic mass is 32.1. The summed E-state index contributed by atoms with van der Waals surface area (Å²) in [4.78, 5) is 5.41. The topological polar surface area (TPSA) is 24.0 Å². The van der Waals surface area contributed by atoms with Crippen molar-refractivity contribution in [2.45, 2.75) is 33.2 Å². The molecular weight excluding hydrogens is 218 g/mol. The van der Waals surface area contributed by atoms with Crippen LogP contribution in [0, 0.1) is 17.6 Å². The molecule has 1 aromatic heterocycles. The van der Waals surface area contributed by atoms with Crippen LogP contribution in [0.15, 0.2) is 6.20 Å². The summed E-state index contributed by atoms with van der Waals surface area (Å²) in [5, 5.41) is 0. The van der Waals surface area contributed by atoms with Gasteiger partial charge in [0, 0.05) is 24.5 Å². The predicted octanol–water partition coefficient (Wildman–Crippen LogP) is 3.00. The molecule has 0 spiro atoms. The molecule has 16 heavy (non-hydrogen) atoms. The molecule has 0 aliphatic heterocycles. The molecule has 0 bridgehead atoms. The normalized spacial score (nSPS) is 13.7. The molecule has 0 amide bonds. The standard InChI is InChI=1S/C12H23N3S/c1-9(2)6-11(8-14(4)5)15-7-10(3)13-12(15)16/h7,9,11H,6,8H2,1-5H3,(H,13,16). The van der Waals surface area contributed by atoms with Crippen LogP contribution in [0.5, 0.6) is 0 Å². The van der Waals surface area contributed by atoms with E-state index in [1.165, 1.54) is 0 Å². The predicted molar refractivity (Wildman–Crippen MR) is 71.4 cm³/mol. The Kier molecular flexibility index (Phi) is 4.74. The maximum absolute atomic E-state index is 5.34. The van der Waals surface area contributed by atoms with E-state index in [1.54, 1.807) is 0 Å². The fourth-order valence-corrected chi connectivity index (χ4v) is 2.41. The van der Waals surface area contributed by atoms with Gasteiger partial charge in [0.05, 0.1) is 0 Å². The first-order chi connectivity index (χ1) is 7.40. The van der Waals surface area contributed by atoms with Gasteiger partial charge in [0.25, 0.3) is 0 Å². The number of likely N-dealkylation sites (N-methyl/N-ethyl adjacent to an activating group) is 1. The highest BCUT2D eigenvalue weighted by molar-refractivity contribution is 7.71. The van der Waals surface area contributed by atoms with Crippen LogP contribution in [0.2, 0.25) is 0 Å². The second-order valence-electron chi connectivity index (χ2n) is 5.20. The molecule has 0 aliphatic carbocycles. The maximum atomic E-state index is 5.34. The van der Waals surface area contributed by atoms with Crippen molar-refractivity contribution in [2.75, 3.05) is 20.6 Å². The number of nitrogens with zero attached hydrogens (tertiary/aromatic N) is 2. The van der Waals surface area contributed by atoms with Crippen molar-refractivity contribution in [2.24, 2.45) is 5.92 Å². The number of imidazole rings is 1. The lowest BCUT2D eigenvalue weighted by Crippen LogP contribution is -2.25. The fraction of sp³-hybridized carbons (Fsp3) is 0.750. The SMILES string of the molecule is Cc1cn(C(CC(C)C)CN(C)C)c(=S)[nH]1. The minimum atomic E-state index is 0.465. The Morgan fingerprint density at radius 1 is 1.44 bits per heavy atom. The molecule has 4 heteroatoms. The van der Waals surface area contributed by atoms with Crippen LogP contribution >= 0.6 is 12.2 Å². The van der Waals surface area contributed by atoms with Gasteiger partial charge in [-0.2, -0.15) is 0 Å². The van der Waals surface area contributed by atoms with Gasteiger partial charge in [0.1, 0.15) is 0 Å². The van der Waals surface area contributed by atoms with E-state index in [0.717, 1.165) is 23.4 Å². The third-order valence-corrected chi connectivity index (χ3v) is 2.90. The molecule has 0 aromatic carbocycles. The van der Waals surface area contributed by atoms with E-state index in [9.17, 15) is 0 Å². The number of hydrogen-bond donors (Lipinski definition) is 1. The lowest BCUT2D eigenvalue weighted by molar-refractivity contribution is 0.287. The number of H-pyrrole nitrogens is 1. The smallest absolute Gasteiger partial charge is 0.177 e. The van der Waals surface area contributed by atoms with E-state index in [1.807, 2.05) is 6.92 Å². The zero-order valence-electron chi connectivity index (χ0n) is 10.9.